The van der Waals surface area contributed by atoms with Gasteiger partial charge in [0.15, 0.2) is 0 Å². The second kappa shape index (κ2) is 8.82. The van der Waals surface area contributed by atoms with Crippen LogP contribution in [0.5, 0.6) is 0 Å². The van der Waals surface area contributed by atoms with E-state index in [2.05, 4.69) is 38.1 Å². The first kappa shape index (κ1) is 21.1. The predicted molar refractivity (Wildman–Crippen MR) is 113 cm³/mol. The Morgan fingerprint density at radius 3 is 2.28 bits per heavy atom. The van der Waals surface area contributed by atoms with Crippen LogP contribution in [-0.2, 0) is 12.6 Å². The molecule has 4 nitrogen and oxygen atoms in total. The number of rotatable bonds is 6. The van der Waals surface area contributed by atoms with E-state index in [-0.39, 0.29) is 11.8 Å². The van der Waals surface area contributed by atoms with E-state index in [4.69, 9.17) is 0 Å². The van der Waals surface area contributed by atoms with Crippen molar-refractivity contribution in [3.8, 4) is 0 Å². The van der Waals surface area contributed by atoms with Crippen LogP contribution in [0.2, 0.25) is 0 Å². The quantitative estimate of drug-likeness (QED) is 0.439. The Hall–Kier alpha value is -2.61. The zero-order valence-corrected chi connectivity index (χ0v) is 17.5. The van der Waals surface area contributed by atoms with E-state index in [1.165, 1.54) is 5.56 Å². The summed E-state index contributed by atoms with van der Waals surface area (Å²) in [5, 5.41) is 2.76. The summed E-state index contributed by atoms with van der Waals surface area (Å²) in [6.45, 7) is 2.11. The molecule has 152 valence electrons. The molecule has 0 amide bonds. The normalized spacial score (nSPS) is 11.4. The third-order valence-corrected chi connectivity index (χ3v) is 4.88. The first-order valence-electron chi connectivity index (χ1n) is 9.07. The molecule has 3 aromatic rings. The Kier molecular flexibility index (Phi) is 6.42. The van der Waals surface area contributed by atoms with Crippen molar-refractivity contribution in [2.45, 2.75) is 25.9 Å². The van der Waals surface area contributed by atoms with Crippen molar-refractivity contribution in [2.75, 3.05) is 17.3 Å². The van der Waals surface area contributed by atoms with E-state index in [9.17, 15) is 13.2 Å². The third kappa shape index (κ3) is 5.26. The van der Waals surface area contributed by atoms with Crippen LogP contribution in [0.25, 0.3) is 0 Å². The maximum Gasteiger partial charge on any atom is 0.421 e. The summed E-state index contributed by atoms with van der Waals surface area (Å²) < 4.78 is 41.2. The molecule has 0 bridgehead atoms. The minimum atomic E-state index is -4.57. The van der Waals surface area contributed by atoms with Crippen molar-refractivity contribution >= 4 is 39.1 Å². The van der Waals surface area contributed by atoms with Gasteiger partial charge in [-0.15, -0.1) is 0 Å². The summed E-state index contributed by atoms with van der Waals surface area (Å²) in [7, 11) is 1.72. The molecule has 0 unspecified atom stereocenters. The van der Waals surface area contributed by atoms with E-state index in [0.717, 1.165) is 29.2 Å². The summed E-state index contributed by atoms with van der Waals surface area (Å²) in [6.07, 6.45) is -1.74. The Morgan fingerprint density at radius 1 is 1.03 bits per heavy atom. The van der Waals surface area contributed by atoms with E-state index >= 15 is 0 Å². The number of nitrogens with one attached hydrogen (secondary N) is 1. The first-order chi connectivity index (χ1) is 13.8. The molecular weight excluding hydrogens is 445 g/mol. The second-order valence-corrected chi connectivity index (χ2v) is 7.45. The van der Waals surface area contributed by atoms with Crippen molar-refractivity contribution in [1.82, 2.24) is 9.97 Å². The summed E-state index contributed by atoms with van der Waals surface area (Å²) in [5.74, 6) is -0.125. The molecular formula is C21H20BrF3N4. The smallest absolute Gasteiger partial charge is 0.340 e. The molecule has 1 N–H and O–H groups in total. The minimum Gasteiger partial charge on any atom is -0.340 e. The molecule has 0 aliphatic rings. The van der Waals surface area contributed by atoms with Crippen LogP contribution in [0, 0.1) is 0 Å². The highest BCUT2D eigenvalue weighted by Gasteiger charge is 2.35. The standard InChI is InChI=1S/C21H20BrF3N4/c1-3-4-14-5-11-17(12-6-14)29(2)20-26-13-18(21(23,24)25)19(28-20)27-16-9-7-15(22)8-10-16/h5-13H,3-4H2,1-2H3,(H,26,27,28). The van der Waals surface area contributed by atoms with Gasteiger partial charge in [-0.05, 0) is 48.4 Å². The summed E-state index contributed by atoms with van der Waals surface area (Å²) in [6, 6.07) is 14.6. The summed E-state index contributed by atoms with van der Waals surface area (Å²) in [4.78, 5) is 9.76. The molecule has 0 atom stereocenters. The topological polar surface area (TPSA) is 41.1 Å². The number of benzene rings is 2. The van der Waals surface area contributed by atoms with Gasteiger partial charge in [0, 0.05) is 29.1 Å². The van der Waals surface area contributed by atoms with Gasteiger partial charge in [-0.2, -0.15) is 18.2 Å². The van der Waals surface area contributed by atoms with Crippen LogP contribution in [0.4, 0.5) is 36.3 Å². The number of aryl methyl sites for hydroxylation is 1. The molecule has 0 aliphatic carbocycles. The molecule has 2 aromatic carbocycles. The van der Waals surface area contributed by atoms with Crippen LogP contribution in [0.1, 0.15) is 24.5 Å². The van der Waals surface area contributed by atoms with Gasteiger partial charge in [-0.1, -0.05) is 41.4 Å². The van der Waals surface area contributed by atoms with E-state index < -0.39 is 11.7 Å². The lowest BCUT2D eigenvalue weighted by molar-refractivity contribution is -0.137. The maximum atomic E-state index is 13.4. The van der Waals surface area contributed by atoms with Crippen molar-refractivity contribution in [2.24, 2.45) is 0 Å². The summed E-state index contributed by atoms with van der Waals surface area (Å²) in [5.41, 5.74) is 1.57. The Balaban J connectivity index is 1.94. The lowest BCUT2D eigenvalue weighted by Gasteiger charge is -2.20. The fourth-order valence-corrected chi connectivity index (χ4v) is 3.06. The maximum absolute atomic E-state index is 13.4. The largest absolute Gasteiger partial charge is 0.421 e. The SMILES string of the molecule is CCCc1ccc(N(C)c2ncc(C(F)(F)F)c(Nc3ccc(Br)cc3)n2)cc1. The highest BCUT2D eigenvalue weighted by atomic mass is 79.9. The van der Waals surface area contributed by atoms with Crippen LogP contribution in [0.3, 0.4) is 0 Å². The number of aromatic nitrogens is 2. The van der Waals surface area contributed by atoms with Crippen molar-refractivity contribution in [1.29, 1.82) is 0 Å². The van der Waals surface area contributed by atoms with Crippen LogP contribution in [0.15, 0.2) is 59.2 Å². The van der Waals surface area contributed by atoms with Crippen molar-refractivity contribution in [3.05, 3.63) is 70.3 Å². The first-order valence-corrected chi connectivity index (χ1v) is 9.86. The van der Waals surface area contributed by atoms with E-state index in [0.29, 0.717) is 5.69 Å². The van der Waals surface area contributed by atoms with Gasteiger partial charge < -0.3 is 10.2 Å². The number of anilines is 4. The van der Waals surface area contributed by atoms with Gasteiger partial charge in [0.25, 0.3) is 0 Å². The van der Waals surface area contributed by atoms with Crippen LogP contribution in [-0.4, -0.2) is 17.0 Å². The van der Waals surface area contributed by atoms with E-state index in [1.807, 2.05) is 24.3 Å². The van der Waals surface area contributed by atoms with Crippen molar-refractivity contribution < 1.29 is 13.2 Å². The zero-order chi connectivity index (χ0) is 21.0. The Morgan fingerprint density at radius 2 is 1.69 bits per heavy atom. The molecule has 0 fully saturated rings. The fourth-order valence-electron chi connectivity index (χ4n) is 2.80. The molecule has 0 saturated carbocycles. The lowest BCUT2D eigenvalue weighted by atomic mass is 10.1. The number of nitrogens with zero attached hydrogens (tertiary/aromatic N) is 3. The molecule has 1 aromatic heterocycles. The van der Waals surface area contributed by atoms with Crippen LogP contribution >= 0.6 is 15.9 Å². The molecule has 0 aliphatic heterocycles. The highest BCUT2D eigenvalue weighted by molar-refractivity contribution is 9.10. The fraction of sp³-hybridized carbons (Fsp3) is 0.238. The third-order valence-electron chi connectivity index (χ3n) is 4.35. The highest BCUT2D eigenvalue weighted by Crippen LogP contribution is 2.36. The zero-order valence-electron chi connectivity index (χ0n) is 16.0. The number of halogens is 4. The molecule has 0 radical (unpaired) electrons. The average molecular weight is 465 g/mol. The molecule has 3 rings (SSSR count). The van der Waals surface area contributed by atoms with Gasteiger partial charge >= 0.3 is 6.18 Å². The minimum absolute atomic E-state index is 0.167. The summed E-state index contributed by atoms with van der Waals surface area (Å²) >= 11 is 3.31. The number of hydrogen-bond acceptors (Lipinski definition) is 4. The predicted octanol–water partition coefficient (Wildman–Crippen LogP) is 6.72. The van der Waals surface area contributed by atoms with E-state index in [1.54, 1.807) is 36.2 Å². The van der Waals surface area contributed by atoms with Gasteiger partial charge in [-0.25, -0.2) is 4.98 Å². The second-order valence-electron chi connectivity index (χ2n) is 6.54. The number of alkyl halides is 3. The molecule has 29 heavy (non-hydrogen) atoms. The van der Waals surface area contributed by atoms with Gasteiger partial charge in [0.2, 0.25) is 5.95 Å². The lowest BCUT2D eigenvalue weighted by Crippen LogP contribution is -2.17. The molecule has 0 spiro atoms. The van der Waals surface area contributed by atoms with Gasteiger partial charge in [0.1, 0.15) is 11.4 Å². The van der Waals surface area contributed by atoms with Gasteiger partial charge in [-0.3, -0.25) is 0 Å². The monoisotopic (exact) mass is 464 g/mol. The Labute approximate surface area is 175 Å². The van der Waals surface area contributed by atoms with Crippen LogP contribution < -0.4 is 10.2 Å². The average Bonchev–Trinajstić information content (AvgIpc) is 2.69. The molecule has 8 heteroatoms. The Bertz CT molecular complexity index is 957. The molecule has 1 heterocycles. The number of hydrogen-bond donors (Lipinski definition) is 1. The van der Waals surface area contributed by atoms with Crippen molar-refractivity contribution in [3.63, 3.8) is 0 Å². The molecule has 0 saturated heterocycles. The van der Waals surface area contributed by atoms with Gasteiger partial charge in [0.05, 0.1) is 0 Å².